The monoisotopic (exact) mass is 330 g/mol. The molecule has 0 radical (unpaired) electrons. The molecule has 1 N–H and O–H groups in total. The zero-order valence-electron chi connectivity index (χ0n) is 14.0. The van der Waals surface area contributed by atoms with Crippen LogP contribution in [0.1, 0.15) is 24.2 Å². The highest BCUT2D eigenvalue weighted by Gasteiger charge is 2.29. The molecule has 6 nitrogen and oxygen atoms in total. The Labute approximate surface area is 140 Å². The summed E-state index contributed by atoms with van der Waals surface area (Å²) in [5.41, 5.74) is -0.314. The molecular weight excluding hydrogens is 308 g/mol. The molecule has 0 saturated carbocycles. The minimum Gasteiger partial charge on any atom is -0.422 e. The molecule has 0 bridgehead atoms. The second-order valence-corrected chi connectivity index (χ2v) is 6.58. The van der Waals surface area contributed by atoms with Crippen LogP contribution < -0.4 is 10.9 Å². The summed E-state index contributed by atoms with van der Waals surface area (Å²) in [5.74, 6) is -0.407. The third-order valence-corrected chi connectivity index (χ3v) is 4.43. The van der Waals surface area contributed by atoms with Gasteiger partial charge in [-0.2, -0.15) is 0 Å². The predicted octanol–water partition coefficient (Wildman–Crippen LogP) is 1.63. The maximum Gasteiger partial charge on any atom is 0.349 e. The van der Waals surface area contributed by atoms with E-state index in [2.05, 4.69) is 24.1 Å². The first-order chi connectivity index (χ1) is 11.5. The third kappa shape index (κ3) is 3.49. The Balaban J connectivity index is 1.73. The Morgan fingerprint density at radius 1 is 1.25 bits per heavy atom. The van der Waals surface area contributed by atoms with Crippen molar-refractivity contribution in [1.29, 1.82) is 0 Å². The van der Waals surface area contributed by atoms with Crippen molar-refractivity contribution in [2.24, 2.45) is 0 Å². The minimum absolute atomic E-state index is 0.0338. The van der Waals surface area contributed by atoms with Gasteiger partial charge in [-0.3, -0.25) is 9.69 Å². The Bertz CT molecular complexity index is 791. The number of para-hydroxylation sites is 1. The summed E-state index contributed by atoms with van der Waals surface area (Å²) in [6.07, 6.45) is 0. The summed E-state index contributed by atoms with van der Waals surface area (Å²) < 4.78 is 10.6. The quantitative estimate of drug-likeness (QED) is 0.863. The van der Waals surface area contributed by atoms with Gasteiger partial charge in [0.2, 0.25) is 0 Å². The van der Waals surface area contributed by atoms with E-state index in [9.17, 15) is 9.59 Å². The van der Waals surface area contributed by atoms with Gasteiger partial charge in [-0.15, -0.1) is 0 Å². The highest BCUT2D eigenvalue weighted by Crippen LogP contribution is 2.16. The molecule has 0 aliphatic carbocycles. The SMILES string of the molecule is CC(C)(CNC(=O)c1cc2ccccc2oc1=O)N1CCOCC1. The Morgan fingerprint density at radius 3 is 2.71 bits per heavy atom. The van der Waals surface area contributed by atoms with Gasteiger partial charge in [0.1, 0.15) is 11.1 Å². The highest BCUT2D eigenvalue weighted by atomic mass is 16.5. The van der Waals surface area contributed by atoms with E-state index in [1.165, 1.54) is 0 Å². The van der Waals surface area contributed by atoms with Crippen LogP contribution in [0.3, 0.4) is 0 Å². The summed E-state index contributed by atoms with van der Waals surface area (Å²) in [6.45, 7) is 7.65. The fourth-order valence-electron chi connectivity index (χ4n) is 2.89. The Morgan fingerprint density at radius 2 is 1.96 bits per heavy atom. The lowest BCUT2D eigenvalue weighted by molar-refractivity contribution is -0.00924. The van der Waals surface area contributed by atoms with E-state index in [-0.39, 0.29) is 11.1 Å². The van der Waals surface area contributed by atoms with Crippen LogP contribution in [-0.4, -0.2) is 49.2 Å². The molecule has 0 unspecified atom stereocenters. The van der Waals surface area contributed by atoms with E-state index in [1.807, 2.05) is 12.1 Å². The topological polar surface area (TPSA) is 71.8 Å². The number of morpholine rings is 1. The number of nitrogens with one attached hydrogen (secondary N) is 1. The summed E-state index contributed by atoms with van der Waals surface area (Å²) in [4.78, 5) is 26.7. The first-order valence-corrected chi connectivity index (χ1v) is 8.11. The van der Waals surface area contributed by atoms with Crippen LogP contribution in [0, 0.1) is 0 Å². The van der Waals surface area contributed by atoms with Crippen molar-refractivity contribution >= 4 is 16.9 Å². The number of hydrogen-bond acceptors (Lipinski definition) is 5. The van der Waals surface area contributed by atoms with Gasteiger partial charge in [-0.1, -0.05) is 18.2 Å². The number of carbonyl (C=O) groups excluding carboxylic acids is 1. The van der Waals surface area contributed by atoms with Crippen LogP contribution >= 0.6 is 0 Å². The fraction of sp³-hybridized carbons (Fsp3) is 0.444. The van der Waals surface area contributed by atoms with Crippen LogP contribution in [0.15, 0.2) is 39.5 Å². The molecule has 3 rings (SSSR count). The van der Waals surface area contributed by atoms with Gasteiger partial charge >= 0.3 is 5.63 Å². The molecule has 6 heteroatoms. The molecule has 1 saturated heterocycles. The van der Waals surface area contributed by atoms with E-state index in [1.54, 1.807) is 18.2 Å². The molecule has 2 aromatic rings. The molecule has 2 heterocycles. The van der Waals surface area contributed by atoms with Crippen molar-refractivity contribution < 1.29 is 13.9 Å². The smallest absolute Gasteiger partial charge is 0.349 e. The molecular formula is C18H22N2O4. The van der Waals surface area contributed by atoms with Crippen LogP contribution in [0.2, 0.25) is 0 Å². The Hall–Kier alpha value is -2.18. The number of benzene rings is 1. The van der Waals surface area contributed by atoms with Gasteiger partial charge in [0.25, 0.3) is 5.91 Å². The number of ether oxygens (including phenoxy) is 1. The first-order valence-electron chi connectivity index (χ1n) is 8.11. The van der Waals surface area contributed by atoms with E-state index < -0.39 is 11.5 Å². The zero-order chi connectivity index (χ0) is 17.2. The largest absolute Gasteiger partial charge is 0.422 e. The van der Waals surface area contributed by atoms with Gasteiger partial charge < -0.3 is 14.5 Å². The van der Waals surface area contributed by atoms with Crippen LogP contribution in [0.4, 0.5) is 0 Å². The molecule has 1 aromatic carbocycles. The van der Waals surface area contributed by atoms with Crippen molar-refractivity contribution in [1.82, 2.24) is 10.2 Å². The summed E-state index contributed by atoms with van der Waals surface area (Å²) in [7, 11) is 0. The van der Waals surface area contributed by atoms with E-state index in [0.29, 0.717) is 25.3 Å². The number of hydrogen-bond donors (Lipinski definition) is 1. The maximum absolute atomic E-state index is 12.4. The highest BCUT2D eigenvalue weighted by molar-refractivity contribution is 5.96. The number of nitrogens with zero attached hydrogens (tertiary/aromatic N) is 1. The van der Waals surface area contributed by atoms with Crippen LogP contribution in [-0.2, 0) is 4.74 Å². The molecule has 1 amide bonds. The van der Waals surface area contributed by atoms with E-state index in [0.717, 1.165) is 18.5 Å². The summed E-state index contributed by atoms with van der Waals surface area (Å²) >= 11 is 0. The summed E-state index contributed by atoms with van der Waals surface area (Å²) in [5, 5.41) is 3.59. The van der Waals surface area contributed by atoms with Crippen molar-refractivity contribution in [3.8, 4) is 0 Å². The molecule has 0 spiro atoms. The molecule has 1 aromatic heterocycles. The molecule has 24 heavy (non-hydrogen) atoms. The van der Waals surface area contributed by atoms with Gasteiger partial charge in [-0.05, 0) is 26.0 Å². The van der Waals surface area contributed by atoms with Crippen molar-refractivity contribution in [3.05, 3.63) is 46.3 Å². The van der Waals surface area contributed by atoms with Crippen molar-refractivity contribution in [2.45, 2.75) is 19.4 Å². The molecule has 1 fully saturated rings. The molecule has 1 aliphatic rings. The average Bonchev–Trinajstić information content (AvgIpc) is 2.60. The van der Waals surface area contributed by atoms with Gasteiger partial charge in [0, 0.05) is 30.6 Å². The standard InChI is InChI=1S/C18H22N2O4/c1-18(2,20-7-9-23-10-8-20)12-19-16(21)14-11-13-5-3-4-6-15(13)24-17(14)22/h3-6,11H,7-10,12H2,1-2H3,(H,19,21). The maximum atomic E-state index is 12.4. The third-order valence-electron chi connectivity index (χ3n) is 4.43. The zero-order valence-corrected chi connectivity index (χ0v) is 14.0. The van der Waals surface area contributed by atoms with Crippen molar-refractivity contribution in [2.75, 3.05) is 32.8 Å². The molecule has 128 valence electrons. The second-order valence-electron chi connectivity index (χ2n) is 6.58. The fourth-order valence-corrected chi connectivity index (χ4v) is 2.89. The lowest BCUT2D eigenvalue weighted by Crippen LogP contribution is -2.55. The number of rotatable bonds is 4. The first kappa shape index (κ1) is 16.7. The van der Waals surface area contributed by atoms with Gasteiger partial charge in [0.05, 0.1) is 13.2 Å². The Kier molecular flexibility index (Phi) is 4.69. The molecule has 1 aliphatic heterocycles. The van der Waals surface area contributed by atoms with Gasteiger partial charge in [-0.25, -0.2) is 4.79 Å². The predicted molar refractivity (Wildman–Crippen MR) is 91.3 cm³/mol. The van der Waals surface area contributed by atoms with E-state index >= 15 is 0 Å². The number of amides is 1. The average molecular weight is 330 g/mol. The number of fused-ring (bicyclic) bond motifs is 1. The van der Waals surface area contributed by atoms with E-state index in [4.69, 9.17) is 9.15 Å². The van der Waals surface area contributed by atoms with Crippen molar-refractivity contribution in [3.63, 3.8) is 0 Å². The number of carbonyl (C=O) groups is 1. The van der Waals surface area contributed by atoms with Crippen LogP contribution in [0.5, 0.6) is 0 Å². The van der Waals surface area contributed by atoms with Crippen LogP contribution in [0.25, 0.3) is 11.0 Å². The normalized spacial score (nSPS) is 16.2. The molecule has 0 atom stereocenters. The second kappa shape index (κ2) is 6.75. The lowest BCUT2D eigenvalue weighted by Gasteiger charge is -2.40. The van der Waals surface area contributed by atoms with Gasteiger partial charge in [0.15, 0.2) is 0 Å². The lowest BCUT2D eigenvalue weighted by atomic mass is 10.0. The summed E-state index contributed by atoms with van der Waals surface area (Å²) in [6, 6.07) is 8.73. The minimum atomic E-state index is -0.615.